The average molecular weight is 447 g/mol. The Balaban J connectivity index is 1.65. The summed E-state index contributed by atoms with van der Waals surface area (Å²) in [7, 11) is 1.51. The fourth-order valence-corrected chi connectivity index (χ4v) is 4.98. The van der Waals surface area contributed by atoms with E-state index in [9.17, 15) is 9.90 Å². The number of para-hydroxylation sites is 3. The van der Waals surface area contributed by atoms with E-state index in [0.717, 1.165) is 22.6 Å². The van der Waals surface area contributed by atoms with Gasteiger partial charge in [0.15, 0.2) is 17.3 Å². The van der Waals surface area contributed by atoms with Gasteiger partial charge in [0, 0.05) is 28.3 Å². The number of allylic oxidation sites excluding steroid dienone is 1. The van der Waals surface area contributed by atoms with E-state index in [1.165, 1.54) is 7.11 Å². The number of rotatable bonds is 3. The minimum atomic E-state index is -0.518. The molecule has 5 nitrogen and oxygen atoms in total. The second kappa shape index (κ2) is 8.24. The van der Waals surface area contributed by atoms with Gasteiger partial charge in [-0.3, -0.25) is 4.79 Å². The third-order valence-electron chi connectivity index (χ3n) is 6.22. The lowest BCUT2D eigenvalue weighted by molar-refractivity contribution is -0.116. The fourth-order valence-electron chi connectivity index (χ4n) is 4.69. The lowest BCUT2D eigenvalue weighted by atomic mass is 9.78. The summed E-state index contributed by atoms with van der Waals surface area (Å²) >= 11 is 6.47. The van der Waals surface area contributed by atoms with Crippen LogP contribution in [0.25, 0.3) is 0 Å². The number of carbonyl (C=O) groups is 1. The number of aromatic hydroxyl groups is 1. The maximum atomic E-state index is 13.6. The van der Waals surface area contributed by atoms with E-state index in [4.69, 9.17) is 16.3 Å². The van der Waals surface area contributed by atoms with Crippen LogP contribution in [0, 0.1) is 0 Å². The largest absolute Gasteiger partial charge is 0.504 e. The predicted octanol–water partition coefficient (Wildman–Crippen LogP) is 6.03. The highest BCUT2D eigenvalue weighted by Gasteiger charge is 2.37. The number of hydrogen-bond acceptors (Lipinski definition) is 5. The Morgan fingerprint density at radius 2 is 1.66 bits per heavy atom. The molecule has 3 N–H and O–H groups in total. The lowest BCUT2D eigenvalue weighted by Crippen LogP contribution is -2.27. The van der Waals surface area contributed by atoms with Gasteiger partial charge in [-0.25, -0.2) is 0 Å². The van der Waals surface area contributed by atoms with Crippen molar-refractivity contribution in [1.29, 1.82) is 0 Å². The van der Waals surface area contributed by atoms with Crippen molar-refractivity contribution < 1.29 is 14.6 Å². The Kier molecular flexibility index (Phi) is 5.27. The molecule has 0 unspecified atom stereocenters. The van der Waals surface area contributed by atoms with E-state index in [1.807, 2.05) is 60.7 Å². The summed E-state index contributed by atoms with van der Waals surface area (Å²) in [6.45, 7) is 0. The van der Waals surface area contributed by atoms with Crippen LogP contribution in [0.3, 0.4) is 0 Å². The van der Waals surface area contributed by atoms with Gasteiger partial charge < -0.3 is 20.5 Å². The minimum absolute atomic E-state index is 0.0210. The van der Waals surface area contributed by atoms with Gasteiger partial charge in [-0.2, -0.15) is 0 Å². The number of benzene rings is 3. The Bertz CT molecular complexity index is 1240. The van der Waals surface area contributed by atoms with Gasteiger partial charge in [-0.15, -0.1) is 0 Å². The van der Waals surface area contributed by atoms with Gasteiger partial charge >= 0.3 is 0 Å². The van der Waals surface area contributed by atoms with Crippen molar-refractivity contribution in [3.05, 3.63) is 94.1 Å². The molecule has 2 aliphatic rings. The minimum Gasteiger partial charge on any atom is -0.504 e. The quantitative estimate of drug-likeness (QED) is 0.458. The summed E-state index contributed by atoms with van der Waals surface area (Å²) in [5, 5.41) is 18.5. The number of ether oxygens (including phenoxy) is 1. The number of halogens is 1. The molecular formula is C26H23ClN2O3. The Morgan fingerprint density at radius 3 is 2.44 bits per heavy atom. The second-order valence-corrected chi connectivity index (χ2v) is 8.50. The smallest absolute Gasteiger partial charge is 0.163 e. The summed E-state index contributed by atoms with van der Waals surface area (Å²) in [5.74, 6) is 0.400. The van der Waals surface area contributed by atoms with Gasteiger partial charge in [0.25, 0.3) is 0 Å². The number of phenols is 1. The first-order chi connectivity index (χ1) is 15.6. The zero-order valence-electron chi connectivity index (χ0n) is 17.6. The van der Waals surface area contributed by atoms with Crippen LogP contribution in [0.1, 0.15) is 35.9 Å². The van der Waals surface area contributed by atoms with Crippen LogP contribution in [0.4, 0.5) is 11.4 Å². The first-order valence-electron chi connectivity index (χ1n) is 10.6. The summed E-state index contributed by atoms with van der Waals surface area (Å²) in [5.41, 5.74) is 4.79. The molecule has 1 aliphatic heterocycles. The van der Waals surface area contributed by atoms with E-state index < -0.39 is 6.04 Å². The molecule has 0 saturated heterocycles. The molecule has 0 fully saturated rings. The number of anilines is 2. The van der Waals surface area contributed by atoms with E-state index in [1.54, 1.807) is 6.07 Å². The number of nitrogens with one attached hydrogen (secondary N) is 2. The molecule has 1 heterocycles. The van der Waals surface area contributed by atoms with Crippen LogP contribution in [0.15, 0.2) is 78.0 Å². The monoisotopic (exact) mass is 446 g/mol. The van der Waals surface area contributed by atoms with E-state index in [-0.39, 0.29) is 17.5 Å². The molecule has 162 valence electrons. The summed E-state index contributed by atoms with van der Waals surface area (Å²) in [6, 6.07) is 20.3. The number of ketones is 1. The third-order valence-corrected chi connectivity index (χ3v) is 6.56. The SMILES string of the molecule is COc1cccc([C@H]2Nc3ccccc3NC3=C2C(=O)C[C@H](c2ccccc2Cl)C3)c1O. The van der Waals surface area contributed by atoms with Crippen molar-refractivity contribution in [1.82, 2.24) is 0 Å². The Morgan fingerprint density at radius 1 is 0.938 bits per heavy atom. The van der Waals surface area contributed by atoms with Crippen molar-refractivity contribution in [3.8, 4) is 11.5 Å². The molecule has 3 aromatic rings. The van der Waals surface area contributed by atoms with Gasteiger partial charge in [0.2, 0.25) is 0 Å². The highest BCUT2D eigenvalue weighted by atomic mass is 35.5. The number of fused-ring (bicyclic) bond motifs is 1. The molecule has 0 spiro atoms. The number of methoxy groups -OCH3 is 1. The molecule has 0 aromatic heterocycles. The van der Waals surface area contributed by atoms with E-state index in [2.05, 4.69) is 10.6 Å². The lowest BCUT2D eigenvalue weighted by Gasteiger charge is -2.30. The van der Waals surface area contributed by atoms with Crippen LogP contribution < -0.4 is 15.4 Å². The van der Waals surface area contributed by atoms with Gasteiger partial charge in [0.05, 0.1) is 24.5 Å². The standard InChI is InChI=1S/C26H23ClN2O3/c1-32-23-12-6-8-17(26(23)31)25-24-21(28-19-10-4-5-11-20(19)29-25)13-15(14-22(24)30)16-7-2-3-9-18(16)27/h2-12,15,25,28-29,31H,13-14H2,1H3/t15-,25-/m1/s1. The number of phenolic OH excluding ortho intramolecular Hbond substituents is 1. The number of Topliss-reactive ketones (excluding diaryl/α,β-unsaturated/α-hetero) is 1. The molecule has 5 rings (SSSR count). The molecule has 0 radical (unpaired) electrons. The predicted molar refractivity (Wildman–Crippen MR) is 127 cm³/mol. The molecule has 32 heavy (non-hydrogen) atoms. The van der Waals surface area contributed by atoms with E-state index in [0.29, 0.717) is 34.8 Å². The molecule has 6 heteroatoms. The first kappa shape index (κ1) is 20.5. The summed E-state index contributed by atoms with van der Waals surface area (Å²) in [4.78, 5) is 13.6. The Labute approximate surface area is 191 Å². The Hall–Kier alpha value is -3.44. The molecule has 1 aliphatic carbocycles. The molecule has 3 aromatic carbocycles. The molecule has 2 atom stereocenters. The average Bonchev–Trinajstić information content (AvgIpc) is 2.96. The van der Waals surface area contributed by atoms with Gasteiger partial charge in [-0.1, -0.05) is 54.1 Å². The third kappa shape index (κ3) is 3.49. The maximum Gasteiger partial charge on any atom is 0.163 e. The summed E-state index contributed by atoms with van der Waals surface area (Å²) < 4.78 is 5.32. The van der Waals surface area contributed by atoms with Crippen molar-refractivity contribution in [2.45, 2.75) is 24.8 Å². The molecular weight excluding hydrogens is 424 g/mol. The number of hydrogen-bond donors (Lipinski definition) is 3. The van der Waals surface area contributed by atoms with Crippen molar-refractivity contribution in [3.63, 3.8) is 0 Å². The highest BCUT2D eigenvalue weighted by molar-refractivity contribution is 6.31. The molecule has 0 amide bonds. The van der Waals surface area contributed by atoms with Crippen molar-refractivity contribution >= 4 is 28.8 Å². The zero-order valence-corrected chi connectivity index (χ0v) is 18.3. The van der Waals surface area contributed by atoms with Crippen molar-refractivity contribution in [2.75, 3.05) is 17.7 Å². The maximum absolute atomic E-state index is 13.6. The molecule has 0 saturated carbocycles. The van der Waals surface area contributed by atoms with Crippen LogP contribution in [0.2, 0.25) is 5.02 Å². The van der Waals surface area contributed by atoms with Crippen LogP contribution in [-0.4, -0.2) is 18.0 Å². The van der Waals surface area contributed by atoms with Crippen molar-refractivity contribution in [2.24, 2.45) is 0 Å². The highest BCUT2D eigenvalue weighted by Crippen LogP contribution is 2.47. The second-order valence-electron chi connectivity index (χ2n) is 8.09. The zero-order chi connectivity index (χ0) is 22.2. The van der Waals surface area contributed by atoms with Gasteiger partial charge in [-0.05, 0) is 42.2 Å². The first-order valence-corrected chi connectivity index (χ1v) is 10.9. The molecule has 0 bridgehead atoms. The van der Waals surface area contributed by atoms with E-state index >= 15 is 0 Å². The fraction of sp³-hybridized carbons (Fsp3) is 0.192. The normalized spacial score (nSPS) is 19.9. The topological polar surface area (TPSA) is 70.6 Å². The van der Waals surface area contributed by atoms with Crippen LogP contribution in [-0.2, 0) is 4.79 Å². The van der Waals surface area contributed by atoms with Gasteiger partial charge in [0.1, 0.15) is 0 Å². The number of carbonyl (C=O) groups excluding carboxylic acids is 1. The van der Waals surface area contributed by atoms with Crippen LogP contribution >= 0.6 is 11.6 Å². The van der Waals surface area contributed by atoms with Crippen LogP contribution in [0.5, 0.6) is 11.5 Å². The summed E-state index contributed by atoms with van der Waals surface area (Å²) in [6.07, 6.45) is 0.992.